The summed E-state index contributed by atoms with van der Waals surface area (Å²) in [7, 11) is 1.57. The Morgan fingerprint density at radius 1 is 1.58 bits per heavy atom. The highest BCUT2D eigenvalue weighted by Crippen LogP contribution is 2.31. The summed E-state index contributed by atoms with van der Waals surface area (Å²) in [5.74, 6) is -0.252. The van der Waals surface area contributed by atoms with Gasteiger partial charge in [0.15, 0.2) is 0 Å². The van der Waals surface area contributed by atoms with Crippen LogP contribution in [0.2, 0.25) is 0 Å². The molecule has 4 N–H and O–H groups in total. The van der Waals surface area contributed by atoms with Crippen molar-refractivity contribution in [3.63, 3.8) is 0 Å². The van der Waals surface area contributed by atoms with E-state index < -0.39 is 12.1 Å². The van der Waals surface area contributed by atoms with Crippen LogP contribution in [-0.4, -0.2) is 36.9 Å². The highest BCUT2D eigenvalue weighted by atomic mass is 16.5. The molecule has 3 atom stereocenters. The third-order valence-corrected chi connectivity index (χ3v) is 3.47. The topological polar surface area (TPSA) is 84.6 Å². The maximum atomic E-state index is 12.0. The molecule has 1 aliphatic rings. The lowest BCUT2D eigenvalue weighted by Crippen LogP contribution is -2.44. The normalized spacial score (nSPS) is 22.9. The number of hydrogen-bond acceptors (Lipinski definition) is 4. The van der Waals surface area contributed by atoms with Gasteiger partial charge in [0.1, 0.15) is 0 Å². The Balaban J connectivity index is 2.01. The van der Waals surface area contributed by atoms with Crippen LogP contribution in [0.3, 0.4) is 0 Å². The second-order valence-corrected chi connectivity index (χ2v) is 4.84. The van der Waals surface area contributed by atoms with Crippen LogP contribution in [-0.2, 0) is 16.0 Å². The van der Waals surface area contributed by atoms with Gasteiger partial charge in [0.2, 0.25) is 5.91 Å². The van der Waals surface area contributed by atoms with Crippen molar-refractivity contribution in [2.24, 2.45) is 5.73 Å². The zero-order chi connectivity index (χ0) is 13.8. The molecule has 0 fully saturated rings. The minimum Gasteiger partial charge on any atom is -0.390 e. The van der Waals surface area contributed by atoms with Gasteiger partial charge in [0, 0.05) is 20.1 Å². The van der Waals surface area contributed by atoms with Crippen LogP contribution in [0.1, 0.15) is 23.6 Å². The number of rotatable bonds is 5. The molecule has 1 aromatic carbocycles. The molecular formula is C14H20N2O3. The van der Waals surface area contributed by atoms with Gasteiger partial charge in [0.05, 0.1) is 18.2 Å². The Morgan fingerprint density at radius 2 is 2.32 bits per heavy atom. The smallest absolute Gasteiger partial charge is 0.237 e. The maximum absolute atomic E-state index is 12.0. The molecule has 1 aromatic rings. The van der Waals surface area contributed by atoms with Crippen molar-refractivity contribution in [1.82, 2.24) is 5.32 Å². The quantitative estimate of drug-likeness (QED) is 0.705. The fraction of sp³-hybridized carbons (Fsp3) is 0.500. The molecule has 0 aliphatic heterocycles. The number of fused-ring (bicyclic) bond motifs is 1. The first-order valence-corrected chi connectivity index (χ1v) is 6.44. The number of nitrogens with two attached hydrogens (primary N) is 1. The van der Waals surface area contributed by atoms with Crippen LogP contribution in [0.5, 0.6) is 0 Å². The molecule has 0 heterocycles. The van der Waals surface area contributed by atoms with Crippen LogP contribution in [0.25, 0.3) is 0 Å². The van der Waals surface area contributed by atoms with Crippen LogP contribution in [0.15, 0.2) is 24.3 Å². The summed E-state index contributed by atoms with van der Waals surface area (Å²) in [6, 6.07) is 6.76. The van der Waals surface area contributed by atoms with E-state index >= 15 is 0 Å². The second-order valence-electron chi connectivity index (χ2n) is 4.84. The lowest BCUT2D eigenvalue weighted by molar-refractivity contribution is -0.124. The second kappa shape index (κ2) is 6.14. The average Bonchev–Trinajstić information content (AvgIpc) is 2.72. The van der Waals surface area contributed by atoms with Crippen LogP contribution >= 0.6 is 0 Å². The molecule has 19 heavy (non-hydrogen) atoms. The van der Waals surface area contributed by atoms with Gasteiger partial charge in [-0.2, -0.15) is 0 Å². The Kier molecular flexibility index (Phi) is 4.52. The number of methoxy groups -OCH3 is 1. The number of nitrogens with one attached hydrogen (secondary N) is 1. The lowest BCUT2D eigenvalue weighted by Gasteiger charge is -2.20. The SMILES string of the molecule is COCCC(N)C(=O)N[C@H]1c2ccccc2C[C@H]1O. The average molecular weight is 264 g/mol. The molecule has 0 saturated heterocycles. The number of aliphatic hydroxyl groups is 1. The standard InChI is InChI=1S/C14H20N2O3/c1-19-7-6-11(15)14(18)16-13-10-5-3-2-4-9(10)8-12(13)17/h2-5,11-13,17H,6-8,15H2,1H3,(H,16,18)/t11?,12-,13+/m1/s1. The molecule has 5 nitrogen and oxygen atoms in total. The summed E-state index contributed by atoms with van der Waals surface area (Å²) in [6.45, 7) is 0.443. The number of amides is 1. The minimum atomic E-state index is -0.611. The Hall–Kier alpha value is -1.43. The van der Waals surface area contributed by atoms with Gasteiger partial charge in [-0.25, -0.2) is 0 Å². The highest BCUT2D eigenvalue weighted by Gasteiger charge is 2.32. The molecule has 104 valence electrons. The predicted molar refractivity (Wildman–Crippen MR) is 71.5 cm³/mol. The summed E-state index contributed by atoms with van der Waals surface area (Å²) in [5.41, 5.74) is 7.82. The van der Waals surface area contributed by atoms with E-state index in [1.165, 1.54) is 0 Å². The van der Waals surface area contributed by atoms with E-state index in [0.717, 1.165) is 11.1 Å². The number of hydrogen-bond donors (Lipinski definition) is 3. The van der Waals surface area contributed by atoms with Crippen molar-refractivity contribution in [2.45, 2.75) is 31.0 Å². The van der Waals surface area contributed by atoms with E-state index in [1.807, 2.05) is 24.3 Å². The first-order chi connectivity index (χ1) is 9.13. The molecule has 0 bridgehead atoms. The molecule has 1 aliphatic carbocycles. The molecule has 0 spiro atoms. The molecule has 1 amide bonds. The summed E-state index contributed by atoms with van der Waals surface area (Å²) in [5, 5.41) is 12.9. The van der Waals surface area contributed by atoms with E-state index in [1.54, 1.807) is 7.11 Å². The molecule has 2 rings (SSSR count). The third kappa shape index (κ3) is 3.12. The summed E-state index contributed by atoms with van der Waals surface area (Å²) >= 11 is 0. The number of ether oxygens (including phenoxy) is 1. The fourth-order valence-electron chi connectivity index (χ4n) is 2.38. The van der Waals surface area contributed by atoms with Crippen molar-refractivity contribution in [2.75, 3.05) is 13.7 Å². The number of benzene rings is 1. The van der Waals surface area contributed by atoms with E-state index in [-0.39, 0.29) is 11.9 Å². The van der Waals surface area contributed by atoms with Crippen LogP contribution in [0.4, 0.5) is 0 Å². The number of aliphatic hydroxyl groups excluding tert-OH is 1. The van der Waals surface area contributed by atoms with Gasteiger partial charge < -0.3 is 20.9 Å². The monoisotopic (exact) mass is 264 g/mol. The van der Waals surface area contributed by atoms with Gasteiger partial charge in [-0.15, -0.1) is 0 Å². The van der Waals surface area contributed by atoms with E-state index in [0.29, 0.717) is 19.4 Å². The molecule has 0 saturated carbocycles. The first-order valence-electron chi connectivity index (χ1n) is 6.44. The Labute approximate surface area is 112 Å². The predicted octanol–water partition coefficient (Wildman–Crippen LogP) is 0.125. The summed E-state index contributed by atoms with van der Waals surface area (Å²) < 4.78 is 4.90. The van der Waals surface area contributed by atoms with Crippen molar-refractivity contribution < 1.29 is 14.6 Å². The number of carbonyl (C=O) groups excluding carboxylic acids is 1. The lowest BCUT2D eigenvalue weighted by atomic mass is 10.1. The summed E-state index contributed by atoms with van der Waals surface area (Å²) in [4.78, 5) is 12.0. The van der Waals surface area contributed by atoms with Gasteiger partial charge in [-0.1, -0.05) is 24.3 Å². The van der Waals surface area contributed by atoms with E-state index in [2.05, 4.69) is 5.32 Å². The van der Waals surface area contributed by atoms with Crippen molar-refractivity contribution in [3.05, 3.63) is 35.4 Å². The third-order valence-electron chi connectivity index (χ3n) is 3.47. The largest absolute Gasteiger partial charge is 0.390 e. The van der Waals surface area contributed by atoms with E-state index in [4.69, 9.17) is 10.5 Å². The van der Waals surface area contributed by atoms with Crippen molar-refractivity contribution >= 4 is 5.91 Å². The molecule has 1 unspecified atom stereocenters. The zero-order valence-electron chi connectivity index (χ0n) is 11.0. The Bertz CT molecular complexity index is 450. The van der Waals surface area contributed by atoms with Gasteiger partial charge in [0.25, 0.3) is 0 Å². The minimum absolute atomic E-state index is 0.252. The molecular weight excluding hydrogens is 244 g/mol. The van der Waals surface area contributed by atoms with Gasteiger partial charge in [-0.3, -0.25) is 4.79 Å². The maximum Gasteiger partial charge on any atom is 0.237 e. The molecule has 5 heteroatoms. The van der Waals surface area contributed by atoms with Gasteiger partial charge in [-0.05, 0) is 17.5 Å². The van der Waals surface area contributed by atoms with E-state index in [9.17, 15) is 9.90 Å². The van der Waals surface area contributed by atoms with Crippen molar-refractivity contribution in [3.8, 4) is 0 Å². The first kappa shape index (κ1) is 14.0. The highest BCUT2D eigenvalue weighted by molar-refractivity contribution is 5.82. The fourth-order valence-corrected chi connectivity index (χ4v) is 2.38. The van der Waals surface area contributed by atoms with Crippen LogP contribution < -0.4 is 11.1 Å². The van der Waals surface area contributed by atoms with Crippen LogP contribution in [0, 0.1) is 0 Å². The summed E-state index contributed by atoms with van der Waals surface area (Å²) in [6.07, 6.45) is 0.442. The molecule has 0 radical (unpaired) electrons. The van der Waals surface area contributed by atoms with Crippen molar-refractivity contribution in [1.29, 1.82) is 0 Å². The number of carbonyl (C=O) groups is 1. The Morgan fingerprint density at radius 3 is 3.05 bits per heavy atom. The zero-order valence-corrected chi connectivity index (χ0v) is 11.0. The molecule has 0 aromatic heterocycles. The van der Waals surface area contributed by atoms with Gasteiger partial charge >= 0.3 is 0 Å².